The SMILES string of the molecule is Cc1ccc(S(=O)(=O)Oc2c(I)cc(I)cc2C#N)cc1. The highest BCUT2D eigenvalue weighted by Crippen LogP contribution is 2.30. The minimum absolute atomic E-state index is 0.0614. The van der Waals surface area contributed by atoms with Crippen molar-refractivity contribution in [3.63, 3.8) is 0 Å². The summed E-state index contributed by atoms with van der Waals surface area (Å²) in [7, 11) is -3.96. The van der Waals surface area contributed by atoms with Gasteiger partial charge in [-0.05, 0) is 76.4 Å². The average molecular weight is 525 g/mol. The van der Waals surface area contributed by atoms with E-state index in [9.17, 15) is 8.42 Å². The molecule has 108 valence electrons. The van der Waals surface area contributed by atoms with Gasteiger partial charge in [0.1, 0.15) is 11.0 Å². The zero-order valence-electron chi connectivity index (χ0n) is 10.8. The van der Waals surface area contributed by atoms with Crippen LogP contribution in [0.1, 0.15) is 11.1 Å². The van der Waals surface area contributed by atoms with Crippen LogP contribution in [-0.2, 0) is 10.1 Å². The number of hydrogen-bond acceptors (Lipinski definition) is 4. The van der Waals surface area contributed by atoms with Crippen LogP contribution in [0.2, 0.25) is 0 Å². The van der Waals surface area contributed by atoms with Crippen LogP contribution in [0.3, 0.4) is 0 Å². The molecule has 0 aliphatic carbocycles. The number of rotatable bonds is 3. The lowest BCUT2D eigenvalue weighted by molar-refractivity contribution is 0.483. The molecule has 2 aromatic carbocycles. The maximum atomic E-state index is 12.3. The van der Waals surface area contributed by atoms with Crippen LogP contribution in [0.5, 0.6) is 5.75 Å². The van der Waals surface area contributed by atoms with Crippen LogP contribution in [0, 0.1) is 25.4 Å². The first-order chi connectivity index (χ1) is 9.83. The smallest absolute Gasteiger partial charge is 0.339 e. The van der Waals surface area contributed by atoms with Crippen LogP contribution in [0.15, 0.2) is 41.3 Å². The fourth-order valence-electron chi connectivity index (χ4n) is 1.59. The lowest BCUT2D eigenvalue weighted by atomic mass is 10.2. The molecule has 0 spiro atoms. The Labute approximate surface area is 150 Å². The van der Waals surface area contributed by atoms with Crippen molar-refractivity contribution in [2.45, 2.75) is 11.8 Å². The molecule has 0 aromatic heterocycles. The second-order valence-corrected chi connectivity index (χ2v) is 8.18. The first kappa shape index (κ1) is 16.5. The molecule has 0 saturated heterocycles. The molecule has 4 nitrogen and oxygen atoms in total. The second-order valence-electron chi connectivity index (χ2n) is 4.23. The predicted molar refractivity (Wildman–Crippen MR) is 95.6 cm³/mol. The number of nitriles is 1. The highest BCUT2D eigenvalue weighted by Gasteiger charge is 2.21. The van der Waals surface area contributed by atoms with E-state index in [2.05, 4.69) is 22.6 Å². The Hall–Kier alpha value is -0.860. The molecule has 21 heavy (non-hydrogen) atoms. The molecular weight excluding hydrogens is 516 g/mol. The van der Waals surface area contributed by atoms with E-state index in [1.54, 1.807) is 24.3 Å². The van der Waals surface area contributed by atoms with Crippen LogP contribution in [0.25, 0.3) is 0 Å². The molecule has 0 fully saturated rings. The Kier molecular flexibility index (Phi) is 5.11. The van der Waals surface area contributed by atoms with Gasteiger partial charge in [-0.2, -0.15) is 13.7 Å². The number of benzene rings is 2. The van der Waals surface area contributed by atoms with Crippen molar-refractivity contribution in [3.8, 4) is 11.8 Å². The highest BCUT2D eigenvalue weighted by atomic mass is 127. The lowest BCUT2D eigenvalue weighted by Crippen LogP contribution is -2.11. The highest BCUT2D eigenvalue weighted by molar-refractivity contribution is 14.1. The average Bonchev–Trinajstić information content (AvgIpc) is 2.42. The molecule has 2 rings (SSSR count). The first-order valence-electron chi connectivity index (χ1n) is 5.74. The first-order valence-corrected chi connectivity index (χ1v) is 9.30. The maximum Gasteiger partial charge on any atom is 0.339 e. The van der Waals surface area contributed by atoms with Crippen molar-refractivity contribution in [2.75, 3.05) is 0 Å². The fraction of sp³-hybridized carbons (Fsp3) is 0.0714. The topological polar surface area (TPSA) is 67.2 Å². The van der Waals surface area contributed by atoms with E-state index >= 15 is 0 Å². The summed E-state index contributed by atoms with van der Waals surface area (Å²) in [5.41, 5.74) is 1.15. The van der Waals surface area contributed by atoms with Crippen LogP contribution < -0.4 is 4.18 Å². The molecule has 0 unspecified atom stereocenters. The molecule has 2 aromatic rings. The summed E-state index contributed by atoms with van der Waals surface area (Å²) in [6, 6.07) is 11.7. The molecule has 0 amide bonds. The predicted octanol–water partition coefficient (Wildman–Crippen LogP) is 3.84. The Morgan fingerprint density at radius 3 is 2.33 bits per heavy atom. The van der Waals surface area contributed by atoms with Gasteiger partial charge in [0, 0.05) is 3.57 Å². The third kappa shape index (κ3) is 3.87. The van der Waals surface area contributed by atoms with Crippen LogP contribution in [-0.4, -0.2) is 8.42 Å². The van der Waals surface area contributed by atoms with E-state index in [4.69, 9.17) is 9.44 Å². The van der Waals surface area contributed by atoms with Gasteiger partial charge in [0.05, 0.1) is 9.13 Å². The fourth-order valence-corrected chi connectivity index (χ4v) is 4.66. The molecule has 0 heterocycles. The van der Waals surface area contributed by atoms with Gasteiger partial charge in [0.25, 0.3) is 0 Å². The van der Waals surface area contributed by atoms with Gasteiger partial charge >= 0.3 is 10.1 Å². The van der Waals surface area contributed by atoms with Crippen molar-refractivity contribution >= 4 is 55.3 Å². The Bertz CT molecular complexity index is 825. The summed E-state index contributed by atoms with van der Waals surface area (Å²) < 4.78 is 31.2. The molecular formula is C14H9I2NO3S. The third-order valence-electron chi connectivity index (χ3n) is 2.63. The van der Waals surface area contributed by atoms with Gasteiger partial charge in [0.2, 0.25) is 0 Å². The summed E-state index contributed by atoms with van der Waals surface area (Å²) in [6.45, 7) is 1.87. The van der Waals surface area contributed by atoms with E-state index in [1.165, 1.54) is 12.1 Å². The van der Waals surface area contributed by atoms with Gasteiger partial charge in [-0.15, -0.1) is 0 Å². The molecule has 0 N–H and O–H groups in total. The van der Waals surface area contributed by atoms with Gasteiger partial charge in [-0.3, -0.25) is 0 Å². The van der Waals surface area contributed by atoms with Crippen molar-refractivity contribution < 1.29 is 12.6 Å². The van der Waals surface area contributed by atoms with E-state index in [0.29, 0.717) is 3.57 Å². The normalized spacial score (nSPS) is 11.0. The van der Waals surface area contributed by atoms with E-state index < -0.39 is 10.1 Å². The lowest BCUT2D eigenvalue weighted by Gasteiger charge is -2.10. The molecule has 7 heteroatoms. The zero-order valence-corrected chi connectivity index (χ0v) is 15.9. The Morgan fingerprint density at radius 1 is 1.14 bits per heavy atom. The number of nitrogens with zero attached hydrogens (tertiary/aromatic N) is 1. The van der Waals surface area contributed by atoms with Crippen LogP contribution in [0.4, 0.5) is 0 Å². The number of halogens is 2. The largest absolute Gasteiger partial charge is 0.376 e. The van der Waals surface area contributed by atoms with Gasteiger partial charge in [-0.25, -0.2) is 0 Å². The van der Waals surface area contributed by atoms with Crippen molar-refractivity contribution in [1.29, 1.82) is 5.26 Å². The standard InChI is InChI=1S/C14H9I2NO3S/c1-9-2-4-12(5-3-9)21(18,19)20-14-10(8-17)6-11(15)7-13(14)16/h2-7H,1H3. The van der Waals surface area contributed by atoms with E-state index in [-0.39, 0.29) is 16.2 Å². The van der Waals surface area contributed by atoms with Crippen LogP contribution >= 0.6 is 45.2 Å². The molecule has 0 bridgehead atoms. The molecule has 0 aliphatic heterocycles. The summed E-state index contributed by atoms with van der Waals surface area (Å²) in [4.78, 5) is 0.0614. The molecule has 0 aliphatic rings. The summed E-state index contributed by atoms with van der Waals surface area (Å²) in [6.07, 6.45) is 0. The third-order valence-corrected chi connectivity index (χ3v) is 5.29. The summed E-state index contributed by atoms with van der Waals surface area (Å²) in [5, 5.41) is 9.14. The Balaban J connectivity index is 2.47. The van der Waals surface area contributed by atoms with Gasteiger partial charge in [-0.1, -0.05) is 17.7 Å². The monoisotopic (exact) mass is 525 g/mol. The van der Waals surface area contributed by atoms with Gasteiger partial charge < -0.3 is 4.18 Å². The van der Waals surface area contributed by atoms with Crippen molar-refractivity contribution in [2.24, 2.45) is 0 Å². The molecule has 0 saturated carbocycles. The summed E-state index contributed by atoms with van der Waals surface area (Å²) >= 11 is 4.02. The Morgan fingerprint density at radius 2 is 1.76 bits per heavy atom. The minimum atomic E-state index is -3.96. The minimum Gasteiger partial charge on any atom is -0.376 e. The zero-order chi connectivity index (χ0) is 15.6. The number of aryl methyl sites for hydroxylation is 1. The van der Waals surface area contributed by atoms with Crippen molar-refractivity contribution in [1.82, 2.24) is 0 Å². The quantitative estimate of drug-likeness (QED) is 0.452. The van der Waals surface area contributed by atoms with Crippen molar-refractivity contribution in [3.05, 3.63) is 54.7 Å². The van der Waals surface area contributed by atoms with E-state index in [0.717, 1.165) is 9.13 Å². The molecule has 0 radical (unpaired) electrons. The second kappa shape index (κ2) is 6.50. The molecule has 0 atom stereocenters. The maximum absolute atomic E-state index is 12.3. The van der Waals surface area contributed by atoms with E-state index in [1.807, 2.05) is 35.6 Å². The van der Waals surface area contributed by atoms with Gasteiger partial charge in [0.15, 0.2) is 5.75 Å². The number of hydrogen-bond donors (Lipinski definition) is 0. The summed E-state index contributed by atoms with van der Waals surface area (Å²) in [5.74, 6) is 0.0686.